The van der Waals surface area contributed by atoms with Crippen molar-refractivity contribution < 1.29 is 14.4 Å². The number of hydrogen-bond donors (Lipinski definition) is 1. The SMILES string of the molecule is CC(=O)N1CC(=O)NC(=Cc2ncn(CCCn3ccc4ccccc43)c2C(C)C)C1=O. The van der Waals surface area contributed by atoms with Gasteiger partial charge in [0, 0.05) is 37.4 Å². The van der Waals surface area contributed by atoms with Crippen LogP contribution in [0.4, 0.5) is 0 Å². The molecule has 0 radical (unpaired) electrons. The zero-order valence-corrected chi connectivity index (χ0v) is 18.5. The number of carbonyl (C=O) groups is 3. The lowest BCUT2D eigenvalue weighted by molar-refractivity contribution is -0.147. The molecular weight excluding hydrogens is 406 g/mol. The number of rotatable bonds is 6. The maximum absolute atomic E-state index is 12.6. The Kier molecular flexibility index (Phi) is 5.94. The summed E-state index contributed by atoms with van der Waals surface area (Å²) >= 11 is 0. The lowest BCUT2D eigenvalue weighted by Crippen LogP contribution is -2.51. The summed E-state index contributed by atoms with van der Waals surface area (Å²) in [7, 11) is 0. The molecule has 3 heterocycles. The van der Waals surface area contributed by atoms with Crippen LogP contribution >= 0.6 is 0 Å². The number of fused-ring (bicyclic) bond motifs is 1. The number of benzene rings is 1. The molecule has 3 aromatic rings. The normalized spacial score (nSPS) is 15.8. The van der Waals surface area contributed by atoms with Gasteiger partial charge in [0.25, 0.3) is 5.91 Å². The minimum Gasteiger partial charge on any atom is -0.347 e. The monoisotopic (exact) mass is 433 g/mol. The molecule has 0 spiro atoms. The first-order valence-electron chi connectivity index (χ1n) is 10.8. The Balaban J connectivity index is 1.53. The van der Waals surface area contributed by atoms with Gasteiger partial charge in [-0.05, 0) is 35.9 Å². The molecule has 0 aliphatic carbocycles. The molecule has 1 aliphatic rings. The van der Waals surface area contributed by atoms with Crippen LogP contribution in [0.2, 0.25) is 0 Å². The summed E-state index contributed by atoms with van der Waals surface area (Å²) in [6, 6.07) is 10.4. The summed E-state index contributed by atoms with van der Waals surface area (Å²) in [4.78, 5) is 41.7. The summed E-state index contributed by atoms with van der Waals surface area (Å²) in [5.74, 6) is -1.20. The fourth-order valence-corrected chi connectivity index (χ4v) is 4.16. The first-order chi connectivity index (χ1) is 15.3. The molecule has 32 heavy (non-hydrogen) atoms. The first kappa shape index (κ1) is 21.5. The lowest BCUT2D eigenvalue weighted by Gasteiger charge is -2.25. The van der Waals surface area contributed by atoms with Crippen LogP contribution < -0.4 is 5.32 Å². The molecule has 0 unspecified atom stereocenters. The van der Waals surface area contributed by atoms with Crippen LogP contribution in [0.3, 0.4) is 0 Å². The summed E-state index contributed by atoms with van der Waals surface area (Å²) in [6.07, 6.45) is 6.36. The number of carbonyl (C=O) groups excluding carboxylic acids is 3. The van der Waals surface area contributed by atoms with Crippen LogP contribution in [0.5, 0.6) is 0 Å². The Hall–Kier alpha value is -3.68. The molecule has 8 heteroatoms. The average Bonchev–Trinajstić information content (AvgIpc) is 3.34. The van der Waals surface area contributed by atoms with Gasteiger partial charge < -0.3 is 14.5 Å². The molecule has 3 amide bonds. The molecule has 1 aliphatic heterocycles. The van der Waals surface area contributed by atoms with E-state index in [2.05, 4.69) is 57.7 Å². The number of nitrogens with zero attached hydrogens (tertiary/aromatic N) is 4. The largest absolute Gasteiger partial charge is 0.347 e. The molecule has 1 aromatic carbocycles. The third-order valence-corrected chi connectivity index (χ3v) is 5.65. The minimum absolute atomic E-state index is 0.0717. The van der Waals surface area contributed by atoms with Gasteiger partial charge in [-0.25, -0.2) is 4.98 Å². The number of hydrogen-bond acceptors (Lipinski definition) is 4. The van der Waals surface area contributed by atoms with Gasteiger partial charge in [0.05, 0.1) is 12.0 Å². The molecule has 1 fully saturated rings. The fourth-order valence-electron chi connectivity index (χ4n) is 4.16. The summed E-state index contributed by atoms with van der Waals surface area (Å²) in [6.45, 7) is 6.80. The highest BCUT2D eigenvalue weighted by molar-refractivity contribution is 6.12. The minimum atomic E-state index is -0.513. The first-order valence-corrected chi connectivity index (χ1v) is 10.8. The Morgan fingerprint density at radius 1 is 1.16 bits per heavy atom. The Labute approximate surface area is 186 Å². The number of aromatic nitrogens is 3. The smallest absolute Gasteiger partial charge is 0.277 e. The van der Waals surface area contributed by atoms with Crippen molar-refractivity contribution in [3.05, 3.63) is 59.9 Å². The predicted octanol–water partition coefficient (Wildman–Crippen LogP) is 2.90. The van der Waals surface area contributed by atoms with E-state index >= 15 is 0 Å². The molecular formula is C24H27N5O3. The van der Waals surface area contributed by atoms with Gasteiger partial charge in [0.1, 0.15) is 12.2 Å². The zero-order valence-electron chi connectivity index (χ0n) is 18.5. The van der Waals surface area contributed by atoms with Gasteiger partial charge in [0.15, 0.2) is 0 Å². The van der Waals surface area contributed by atoms with Crippen molar-refractivity contribution >= 4 is 34.7 Å². The molecule has 1 saturated heterocycles. The Bertz CT molecular complexity index is 1220. The van der Waals surface area contributed by atoms with Crippen LogP contribution in [-0.2, 0) is 27.5 Å². The summed E-state index contributed by atoms with van der Waals surface area (Å²) in [5.41, 5.74) is 2.90. The van der Waals surface area contributed by atoms with Crippen molar-refractivity contribution in [2.45, 2.75) is 46.2 Å². The second-order valence-corrected chi connectivity index (χ2v) is 8.30. The van der Waals surface area contributed by atoms with Crippen molar-refractivity contribution in [2.75, 3.05) is 6.54 Å². The van der Waals surface area contributed by atoms with Gasteiger partial charge >= 0.3 is 0 Å². The van der Waals surface area contributed by atoms with E-state index in [0.29, 0.717) is 5.69 Å². The van der Waals surface area contributed by atoms with Gasteiger partial charge in [-0.3, -0.25) is 19.3 Å². The summed E-state index contributed by atoms with van der Waals surface area (Å²) < 4.78 is 4.34. The number of para-hydroxylation sites is 1. The zero-order chi connectivity index (χ0) is 22.8. The van der Waals surface area contributed by atoms with E-state index < -0.39 is 17.7 Å². The highest BCUT2D eigenvalue weighted by atomic mass is 16.2. The van der Waals surface area contributed by atoms with E-state index in [-0.39, 0.29) is 18.2 Å². The van der Waals surface area contributed by atoms with E-state index in [9.17, 15) is 14.4 Å². The van der Waals surface area contributed by atoms with Crippen molar-refractivity contribution in [1.82, 2.24) is 24.3 Å². The van der Waals surface area contributed by atoms with Crippen molar-refractivity contribution in [1.29, 1.82) is 0 Å². The second-order valence-electron chi connectivity index (χ2n) is 8.30. The maximum Gasteiger partial charge on any atom is 0.277 e. The van der Waals surface area contributed by atoms with Gasteiger partial charge in [0.2, 0.25) is 11.8 Å². The molecule has 166 valence electrons. The molecule has 0 atom stereocenters. The predicted molar refractivity (Wildman–Crippen MR) is 121 cm³/mol. The third-order valence-electron chi connectivity index (χ3n) is 5.65. The maximum atomic E-state index is 12.6. The second kappa shape index (κ2) is 8.82. The standard InChI is InChI=1S/C24H27N5O3/c1-16(2)23-19(13-20-24(32)29(17(3)30)14-22(31)26-20)25-15-28(23)11-6-10-27-12-9-18-7-4-5-8-21(18)27/h4-5,7-9,12-13,15-16H,6,10-11,14H2,1-3H3,(H,26,31). The van der Waals surface area contributed by atoms with Crippen molar-refractivity contribution in [3.8, 4) is 0 Å². The number of amides is 3. The molecule has 1 N–H and O–H groups in total. The molecule has 2 aromatic heterocycles. The summed E-state index contributed by atoms with van der Waals surface area (Å²) in [5, 5.41) is 3.81. The number of aryl methyl sites for hydroxylation is 2. The fraction of sp³-hybridized carbons (Fsp3) is 0.333. The van der Waals surface area contributed by atoms with E-state index in [4.69, 9.17) is 0 Å². The number of nitrogens with one attached hydrogen (secondary N) is 1. The van der Waals surface area contributed by atoms with Crippen LogP contribution in [0, 0.1) is 0 Å². The topological polar surface area (TPSA) is 89.2 Å². The highest BCUT2D eigenvalue weighted by Gasteiger charge is 2.31. The van der Waals surface area contributed by atoms with Crippen LogP contribution in [0.1, 0.15) is 44.5 Å². The molecule has 0 saturated carbocycles. The van der Waals surface area contributed by atoms with Crippen LogP contribution in [0.25, 0.3) is 17.0 Å². The van der Waals surface area contributed by atoms with E-state index in [1.165, 1.54) is 17.8 Å². The highest BCUT2D eigenvalue weighted by Crippen LogP contribution is 2.23. The van der Waals surface area contributed by atoms with E-state index in [1.54, 1.807) is 12.4 Å². The Morgan fingerprint density at radius 3 is 2.66 bits per heavy atom. The Morgan fingerprint density at radius 2 is 1.91 bits per heavy atom. The van der Waals surface area contributed by atoms with E-state index in [0.717, 1.165) is 30.1 Å². The molecule has 4 rings (SSSR count). The molecule has 0 bridgehead atoms. The molecule has 8 nitrogen and oxygen atoms in total. The quantitative estimate of drug-likeness (QED) is 0.606. The van der Waals surface area contributed by atoms with Crippen molar-refractivity contribution in [2.24, 2.45) is 0 Å². The van der Waals surface area contributed by atoms with Gasteiger partial charge in [-0.1, -0.05) is 32.0 Å². The van der Waals surface area contributed by atoms with Crippen LogP contribution in [0.15, 0.2) is 48.6 Å². The van der Waals surface area contributed by atoms with Gasteiger partial charge in [-0.2, -0.15) is 0 Å². The lowest BCUT2D eigenvalue weighted by atomic mass is 10.1. The van der Waals surface area contributed by atoms with Crippen molar-refractivity contribution in [3.63, 3.8) is 0 Å². The average molecular weight is 434 g/mol. The van der Waals surface area contributed by atoms with Crippen LogP contribution in [-0.4, -0.2) is 43.3 Å². The number of piperazine rings is 1. The van der Waals surface area contributed by atoms with E-state index in [1.807, 2.05) is 12.1 Å². The number of imide groups is 1. The third kappa shape index (κ3) is 4.21. The number of imidazole rings is 1. The van der Waals surface area contributed by atoms with Gasteiger partial charge in [-0.15, -0.1) is 0 Å².